The van der Waals surface area contributed by atoms with Crippen molar-refractivity contribution >= 4 is 23.6 Å². The van der Waals surface area contributed by atoms with E-state index in [1.54, 1.807) is 12.1 Å². The van der Waals surface area contributed by atoms with Crippen LogP contribution in [0.3, 0.4) is 0 Å². The average Bonchev–Trinajstić information content (AvgIpc) is 3.47. The normalized spacial score (nSPS) is 11.2. The lowest BCUT2D eigenvalue weighted by Crippen LogP contribution is -2.21. The molecule has 0 aliphatic rings. The van der Waals surface area contributed by atoms with Gasteiger partial charge in [-0.25, -0.2) is 10.1 Å². The Hall–Kier alpha value is -4.74. The number of phenolic OH excluding ortho intramolecular Hbond substituents is 1. The van der Waals surface area contributed by atoms with Crippen molar-refractivity contribution in [2.75, 3.05) is 23.7 Å². The second-order valence-electron chi connectivity index (χ2n) is 7.65. The molecule has 12 nitrogen and oxygen atoms in total. The summed E-state index contributed by atoms with van der Waals surface area (Å²) in [5.74, 6) is -0.462. The molecule has 0 aliphatic heterocycles. The molecule has 2 aromatic heterocycles. The summed E-state index contributed by atoms with van der Waals surface area (Å²) in [6.45, 7) is 7.67. The standard InChI is InChI=1S/C23H25N9O3/c1-4-31(5-2)17-11-10-16(18(33)12-17)13-25-27-23(34)19-20(15-8-6-14(3)7-9-15)32(30-26-19)22-21(24)28-35-29-22/h6-13,33H,4-5H2,1-3H3,(H2,24,28)(H,27,34)/b25-13+. The lowest BCUT2D eigenvalue weighted by atomic mass is 10.1. The maximum Gasteiger partial charge on any atom is 0.294 e. The van der Waals surface area contributed by atoms with Gasteiger partial charge < -0.3 is 15.7 Å². The first-order valence-corrected chi connectivity index (χ1v) is 10.9. The van der Waals surface area contributed by atoms with Crippen LogP contribution < -0.4 is 16.1 Å². The molecule has 35 heavy (non-hydrogen) atoms. The smallest absolute Gasteiger partial charge is 0.294 e. The molecule has 4 rings (SSSR count). The molecule has 2 heterocycles. The number of amides is 1. The minimum absolute atomic E-state index is 0.00289. The van der Waals surface area contributed by atoms with Gasteiger partial charge >= 0.3 is 0 Å². The number of nitrogen functional groups attached to an aromatic ring is 1. The number of rotatable bonds is 8. The molecule has 0 radical (unpaired) electrons. The molecule has 12 heteroatoms. The summed E-state index contributed by atoms with van der Waals surface area (Å²) in [5.41, 5.74) is 11.6. The molecule has 180 valence electrons. The molecule has 0 bridgehead atoms. The summed E-state index contributed by atoms with van der Waals surface area (Å²) in [7, 11) is 0. The molecule has 4 aromatic rings. The van der Waals surface area contributed by atoms with Gasteiger partial charge in [0.05, 0.1) is 6.21 Å². The van der Waals surface area contributed by atoms with Crippen LogP contribution in [0.1, 0.15) is 35.5 Å². The van der Waals surface area contributed by atoms with Crippen molar-refractivity contribution in [1.82, 2.24) is 30.7 Å². The Balaban J connectivity index is 1.60. The highest BCUT2D eigenvalue weighted by atomic mass is 16.6. The molecule has 0 unspecified atom stereocenters. The number of nitrogens with two attached hydrogens (primary N) is 1. The minimum atomic E-state index is -0.614. The number of nitrogens with zero attached hydrogens (tertiary/aromatic N) is 7. The van der Waals surface area contributed by atoms with Crippen LogP contribution in [0.2, 0.25) is 0 Å². The fraction of sp³-hybridized carbons (Fsp3) is 0.217. The van der Waals surface area contributed by atoms with E-state index in [0.29, 0.717) is 16.8 Å². The molecule has 0 saturated carbocycles. The van der Waals surface area contributed by atoms with Crippen molar-refractivity contribution < 1.29 is 14.5 Å². The van der Waals surface area contributed by atoms with E-state index >= 15 is 0 Å². The zero-order valence-corrected chi connectivity index (χ0v) is 19.5. The number of benzene rings is 2. The molecular weight excluding hydrogens is 450 g/mol. The molecule has 1 amide bonds. The molecule has 4 N–H and O–H groups in total. The van der Waals surface area contributed by atoms with Crippen LogP contribution in [0.4, 0.5) is 11.5 Å². The second-order valence-corrected chi connectivity index (χ2v) is 7.65. The molecule has 0 fully saturated rings. The van der Waals surface area contributed by atoms with Crippen molar-refractivity contribution in [3.8, 4) is 22.8 Å². The van der Waals surface area contributed by atoms with Gasteiger partial charge in [0.1, 0.15) is 11.4 Å². The fourth-order valence-electron chi connectivity index (χ4n) is 3.53. The van der Waals surface area contributed by atoms with Crippen LogP contribution >= 0.6 is 0 Å². The maximum absolute atomic E-state index is 13.0. The molecule has 0 saturated heterocycles. The van der Waals surface area contributed by atoms with Gasteiger partial charge in [0.25, 0.3) is 5.91 Å². The number of aromatic hydroxyl groups is 1. The van der Waals surface area contributed by atoms with E-state index in [4.69, 9.17) is 5.73 Å². The third-order valence-corrected chi connectivity index (χ3v) is 5.42. The van der Waals surface area contributed by atoms with E-state index in [2.05, 4.69) is 40.7 Å². The lowest BCUT2D eigenvalue weighted by Gasteiger charge is -2.21. The Kier molecular flexibility index (Phi) is 6.71. The summed E-state index contributed by atoms with van der Waals surface area (Å²) in [6.07, 6.45) is 1.36. The summed E-state index contributed by atoms with van der Waals surface area (Å²) in [4.78, 5) is 15.1. The number of anilines is 2. The van der Waals surface area contributed by atoms with Crippen molar-refractivity contribution in [2.24, 2.45) is 5.10 Å². The SMILES string of the molecule is CCN(CC)c1ccc(/C=N/NC(=O)c2nnn(-c3nonc3N)c2-c2ccc(C)cc2)c(O)c1. The van der Waals surface area contributed by atoms with E-state index in [-0.39, 0.29) is 23.1 Å². The van der Waals surface area contributed by atoms with Gasteiger partial charge in [-0.3, -0.25) is 4.79 Å². The topological polar surface area (TPSA) is 161 Å². The number of carbonyl (C=O) groups excluding carboxylic acids is 1. The number of phenols is 1. The highest BCUT2D eigenvalue weighted by Gasteiger charge is 2.25. The largest absolute Gasteiger partial charge is 0.507 e. The van der Waals surface area contributed by atoms with Crippen molar-refractivity contribution in [3.63, 3.8) is 0 Å². The van der Waals surface area contributed by atoms with Gasteiger partial charge in [0.2, 0.25) is 11.6 Å². The van der Waals surface area contributed by atoms with Crippen molar-refractivity contribution in [3.05, 3.63) is 59.3 Å². The van der Waals surface area contributed by atoms with E-state index in [1.807, 2.05) is 51.1 Å². The third kappa shape index (κ3) is 4.81. The predicted molar refractivity (Wildman–Crippen MR) is 131 cm³/mol. The Morgan fingerprint density at radius 3 is 2.57 bits per heavy atom. The van der Waals surface area contributed by atoms with Gasteiger partial charge in [0.15, 0.2) is 5.69 Å². The maximum atomic E-state index is 13.0. The summed E-state index contributed by atoms with van der Waals surface area (Å²) < 4.78 is 5.96. The molecule has 0 spiro atoms. The average molecular weight is 476 g/mol. The van der Waals surface area contributed by atoms with Crippen LogP contribution in [0.15, 0.2) is 52.2 Å². The molecular formula is C23H25N9O3. The second kappa shape index (κ2) is 10.0. The minimum Gasteiger partial charge on any atom is -0.507 e. The predicted octanol–water partition coefficient (Wildman–Crippen LogP) is 2.52. The first-order valence-electron chi connectivity index (χ1n) is 10.9. The monoisotopic (exact) mass is 475 g/mol. The van der Waals surface area contributed by atoms with E-state index in [1.165, 1.54) is 10.9 Å². The molecule has 0 atom stereocenters. The van der Waals surface area contributed by atoms with E-state index in [0.717, 1.165) is 24.3 Å². The van der Waals surface area contributed by atoms with E-state index < -0.39 is 5.91 Å². The third-order valence-electron chi connectivity index (χ3n) is 5.42. The Morgan fingerprint density at radius 2 is 1.94 bits per heavy atom. The summed E-state index contributed by atoms with van der Waals surface area (Å²) in [5, 5.41) is 29.7. The van der Waals surface area contributed by atoms with Gasteiger partial charge in [-0.05, 0) is 43.2 Å². The number of hydrogen-bond acceptors (Lipinski definition) is 10. The van der Waals surface area contributed by atoms with Crippen LogP contribution in [0, 0.1) is 6.92 Å². The zero-order valence-electron chi connectivity index (χ0n) is 19.5. The highest BCUT2D eigenvalue weighted by molar-refractivity contribution is 5.99. The van der Waals surface area contributed by atoms with Crippen LogP contribution in [-0.4, -0.2) is 55.6 Å². The molecule has 2 aromatic carbocycles. The van der Waals surface area contributed by atoms with E-state index in [9.17, 15) is 9.90 Å². The zero-order chi connectivity index (χ0) is 24.9. The van der Waals surface area contributed by atoms with Gasteiger partial charge in [-0.1, -0.05) is 35.0 Å². The van der Waals surface area contributed by atoms with Crippen LogP contribution in [0.5, 0.6) is 5.75 Å². The number of hydrogen-bond donors (Lipinski definition) is 3. The summed E-state index contributed by atoms with van der Waals surface area (Å²) >= 11 is 0. The number of aryl methyl sites for hydroxylation is 1. The van der Waals surface area contributed by atoms with Gasteiger partial charge in [-0.2, -0.15) is 9.78 Å². The van der Waals surface area contributed by atoms with Crippen LogP contribution in [0.25, 0.3) is 17.1 Å². The quantitative estimate of drug-likeness (QED) is 0.257. The number of aromatic nitrogens is 5. The Morgan fingerprint density at radius 1 is 1.20 bits per heavy atom. The summed E-state index contributed by atoms with van der Waals surface area (Å²) in [6, 6.07) is 12.7. The van der Waals surface area contributed by atoms with Crippen LogP contribution in [-0.2, 0) is 0 Å². The first kappa shape index (κ1) is 23.4. The molecule has 0 aliphatic carbocycles. The van der Waals surface area contributed by atoms with Gasteiger partial charge in [-0.15, -0.1) is 5.10 Å². The number of hydrazone groups is 1. The Bertz CT molecular complexity index is 1360. The highest BCUT2D eigenvalue weighted by Crippen LogP contribution is 2.27. The van der Waals surface area contributed by atoms with Crippen molar-refractivity contribution in [1.29, 1.82) is 0 Å². The van der Waals surface area contributed by atoms with Crippen molar-refractivity contribution in [2.45, 2.75) is 20.8 Å². The number of nitrogens with one attached hydrogen (secondary N) is 1. The fourth-order valence-corrected chi connectivity index (χ4v) is 3.53. The Labute approximate surface area is 201 Å². The van der Waals surface area contributed by atoms with Gasteiger partial charge in [0, 0.05) is 36.0 Å². The number of carbonyl (C=O) groups is 1. The first-order chi connectivity index (χ1) is 16.9. The lowest BCUT2D eigenvalue weighted by molar-refractivity contribution is 0.0950.